The van der Waals surface area contributed by atoms with Crippen LogP contribution in [0.3, 0.4) is 0 Å². The molecular formula is C10H18N2O. The summed E-state index contributed by atoms with van der Waals surface area (Å²) in [6, 6.07) is 0. The highest BCUT2D eigenvalue weighted by Gasteiger charge is 1.98. The van der Waals surface area contributed by atoms with E-state index in [1.54, 1.807) is 0 Å². The Balaban J connectivity index is 2.27. The average molecular weight is 182 g/mol. The molecule has 1 aromatic rings. The van der Waals surface area contributed by atoms with Gasteiger partial charge in [-0.1, -0.05) is 6.92 Å². The van der Waals surface area contributed by atoms with Gasteiger partial charge in [-0.3, -0.25) is 0 Å². The Bertz CT molecular complexity index is 233. The van der Waals surface area contributed by atoms with E-state index in [9.17, 15) is 0 Å². The van der Waals surface area contributed by atoms with Gasteiger partial charge in [-0.15, -0.1) is 0 Å². The van der Waals surface area contributed by atoms with Crippen LogP contribution in [-0.4, -0.2) is 22.8 Å². The van der Waals surface area contributed by atoms with E-state index < -0.39 is 0 Å². The van der Waals surface area contributed by atoms with E-state index >= 15 is 0 Å². The van der Waals surface area contributed by atoms with Gasteiger partial charge in [0.25, 0.3) is 0 Å². The Morgan fingerprint density at radius 2 is 2.31 bits per heavy atom. The van der Waals surface area contributed by atoms with Crippen LogP contribution in [0.4, 0.5) is 0 Å². The number of nitrogens with zero attached hydrogens (tertiary/aromatic N) is 2. The molecule has 0 atom stereocenters. The highest BCUT2D eigenvalue weighted by Crippen LogP contribution is 2.00. The van der Waals surface area contributed by atoms with Crippen molar-refractivity contribution in [1.29, 1.82) is 0 Å². The number of ether oxygens (including phenoxy) is 1. The quantitative estimate of drug-likeness (QED) is 0.628. The standard InChI is InChI=1S/C10H18N2O/c1-3-10-11-6-8-12(10)7-5-9-13-4-2/h6,8H,3-5,7,9H2,1-2H3. The fourth-order valence-corrected chi connectivity index (χ4v) is 1.34. The van der Waals surface area contributed by atoms with Crippen molar-refractivity contribution < 1.29 is 4.74 Å². The van der Waals surface area contributed by atoms with Gasteiger partial charge in [0.05, 0.1) is 0 Å². The zero-order valence-electron chi connectivity index (χ0n) is 8.49. The van der Waals surface area contributed by atoms with Crippen LogP contribution in [0.2, 0.25) is 0 Å². The zero-order chi connectivity index (χ0) is 9.52. The van der Waals surface area contributed by atoms with E-state index in [1.807, 2.05) is 19.3 Å². The van der Waals surface area contributed by atoms with Gasteiger partial charge in [-0.05, 0) is 13.3 Å². The van der Waals surface area contributed by atoms with Gasteiger partial charge in [-0.2, -0.15) is 0 Å². The lowest BCUT2D eigenvalue weighted by Crippen LogP contribution is -2.05. The van der Waals surface area contributed by atoms with E-state index in [2.05, 4.69) is 16.5 Å². The summed E-state index contributed by atoms with van der Waals surface area (Å²) in [4.78, 5) is 4.26. The molecule has 1 aromatic heterocycles. The van der Waals surface area contributed by atoms with Crippen LogP contribution in [0.25, 0.3) is 0 Å². The first-order valence-corrected chi connectivity index (χ1v) is 4.96. The summed E-state index contributed by atoms with van der Waals surface area (Å²) >= 11 is 0. The third-order valence-electron chi connectivity index (χ3n) is 2.01. The molecular weight excluding hydrogens is 164 g/mol. The maximum absolute atomic E-state index is 5.27. The third-order valence-corrected chi connectivity index (χ3v) is 2.01. The van der Waals surface area contributed by atoms with Crippen LogP contribution in [0.1, 0.15) is 26.1 Å². The molecule has 0 amide bonds. The predicted molar refractivity (Wildman–Crippen MR) is 52.7 cm³/mol. The first-order valence-electron chi connectivity index (χ1n) is 4.96. The van der Waals surface area contributed by atoms with Crippen LogP contribution in [-0.2, 0) is 17.7 Å². The SMILES string of the molecule is CCOCCCn1ccnc1CC. The molecule has 3 nitrogen and oxygen atoms in total. The molecule has 0 radical (unpaired) electrons. The summed E-state index contributed by atoms with van der Waals surface area (Å²) in [6.45, 7) is 6.82. The molecule has 0 unspecified atom stereocenters. The summed E-state index contributed by atoms with van der Waals surface area (Å²) in [7, 11) is 0. The molecule has 0 N–H and O–H groups in total. The Labute approximate surface area is 79.7 Å². The van der Waals surface area contributed by atoms with Crippen molar-refractivity contribution in [2.75, 3.05) is 13.2 Å². The van der Waals surface area contributed by atoms with Crippen molar-refractivity contribution in [2.45, 2.75) is 33.2 Å². The second kappa shape index (κ2) is 5.75. The van der Waals surface area contributed by atoms with Crippen LogP contribution in [0.5, 0.6) is 0 Å². The molecule has 3 heteroatoms. The van der Waals surface area contributed by atoms with Gasteiger partial charge in [0.2, 0.25) is 0 Å². The Kier molecular flexibility index (Phi) is 4.54. The fourth-order valence-electron chi connectivity index (χ4n) is 1.34. The summed E-state index contributed by atoms with van der Waals surface area (Å²) in [5.41, 5.74) is 0. The van der Waals surface area contributed by atoms with E-state index in [0.29, 0.717) is 0 Å². The van der Waals surface area contributed by atoms with Gasteiger partial charge in [0, 0.05) is 38.6 Å². The van der Waals surface area contributed by atoms with Gasteiger partial charge in [-0.25, -0.2) is 4.98 Å². The van der Waals surface area contributed by atoms with Crippen molar-refractivity contribution in [1.82, 2.24) is 9.55 Å². The number of aromatic nitrogens is 2. The topological polar surface area (TPSA) is 27.1 Å². The monoisotopic (exact) mass is 182 g/mol. The van der Waals surface area contributed by atoms with Crippen molar-refractivity contribution in [3.63, 3.8) is 0 Å². The molecule has 1 heterocycles. The lowest BCUT2D eigenvalue weighted by molar-refractivity contribution is 0.141. The summed E-state index contributed by atoms with van der Waals surface area (Å²) in [5, 5.41) is 0. The van der Waals surface area contributed by atoms with Gasteiger partial charge in [0.15, 0.2) is 0 Å². The Morgan fingerprint density at radius 3 is 3.00 bits per heavy atom. The minimum Gasteiger partial charge on any atom is -0.382 e. The molecule has 0 fully saturated rings. The Morgan fingerprint density at radius 1 is 1.46 bits per heavy atom. The van der Waals surface area contributed by atoms with E-state index in [0.717, 1.165) is 38.4 Å². The van der Waals surface area contributed by atoms with Crippen LogP contribution < -0.4 is 0 Å². The largest absolute Gasteiger partial charge is 0.382 e. The van der Waals surface area contributed by atoms with Crippen LogP contribution in [0.15, 0.2) is 12.4 Å². The molecule has 0 aliphatic carbocycles. The molecule has 0 aliphatic rings. The lowest BCUT2D eigenvalue weighted by atomic mass is 10.4. The molecule has 0 bridgehead atoms. The minimum atomic E-state index is 0.810. The number of aryl methyl sites for hydroxylation is 2. The van der Waals surface area contributed by atoms with Crippen molar-refractivity contribution in [3.8, 4) is 0 Å². The van der Waals surface area contributed by atoms with E-state index in [1.165, 1.54) is 0 Å². The maximum Gasteiger partial charge on any atom is 0.108 e. The fraction of sp³-hybridized carbons (Fsp3) is 0.700. The van der Waals surface area contributed by atoms with Crippen molar-refractivity contribution in [2.24, 2.45) is 0 Å². The highest BCUT2D eigenvalue weighted by molar-refractivity contribution is 4.91. The second-order valence-electron chi connectivity index (χ2n) is 2.94. The molecule has 0 aliphatic heterocycles. The molecule has 0 saturated carbocycles. The smallest absolute Gasteiger partial charge is 0.108 e. The van der Waals surface area contributed by atoms with Crippen LogP contribution in [0, 0.1) is 0 Å². The normalized spacial score (nSPS) is 10.6. The number of hydrogen-bond donors (Lipinski definition) is 0. The number of imidazole rings is 1. The van der Waals surface area contributed by atoms with Crippen molar-refractivity contribution in [3.05, 3.63) is 18.2 Å². The molecule has 0 aromatic carbocycles. The summed E-state index contributed by atoms with van der Waals surface area (Å²) in [5.74, 6) is 1.16. The summed E-state index contributed by atoms with van der Waals surface area (Å²) in [6.07, 6.45) is 5.96. The van der Waals surface area contributed by atoms with Gasteiger partial charge in [0.1, 0.15) is 5.82 Å². The zero-order valence-corrected chi connectivity index (χ0v) is 8.49. The van der Waals surface area contributed by atoms with Crippen LogP contribution >= 0.6 is 0 Å². The second-order valence-corrected chi connectivity index (χ2v) is 2.94. The number of hydrogen-bond acceptors (Lipinski definition) is 2. The molecule has 1 rings (SSSR count). The van der Waals surface area contributed by atoms with Crippen molar-refractivity contribution >= 4 is 0 Å². The Hall–Kier alpha value is -0.830. The minimum absolute atomic E-state index is 0.810. The van der Waals surface area contributed by atoms with Gasteiger partial charge < -0.3 is 9.30 Å². The third kappa shape index (κ3) is 3.19. The van der Waals surface area contributed by atoms with E-state index in [-0.39, 0.29) is 0 Å². The average Bonchev–Trinajstić information content (AvgIpc) is 2.60. The molecule has 13 heavy (non-hydrogen) atoms. The van der Waals surface area contributed by atoms with Gasteiger partial charge >= 0.3 is 0 Å². The first kappa shape index (κ1) is 10.3. The molecule has 0 saturated heterocycles. The molecule has 0 spiro atoms. The predicted octanol–water partition coefficient (Wildman–Crippen LogP) is 1.87. The maximum atomic E-state index is 5.27. The summed E-state index contributed by atoms with van der Waals surface area (Å²) < 4.78 is 7.47. The van der Waals surface area contributed by atoms with E-state index in [4.69, 9.17) is 4.74 Å². The number of rotatable bonds is 6. The molecule has 74 valence electrons. The lowest BCUT2D eigenvalue weighted by Gasteiger charge is -2.05. The highest BCUT2D eigenvalue weighted by atomic mass is 16.5. The first-order chi connectivity index (χ1) is 6.38.